The van der Waals surface area contributed by atoms with Gasteiger partial charge in [0, 0.05) is 49.4 Å². The first-order chi connectivity index (χ1) is 17.8. The van der Waals surface area contributed by atoms with Gasteiger partial charge in [0.1, 0.15) is 6.07 Å². The lowest BCUT2D eigenvalue weighted by molar-refractivity contribution is -0.121. The Morgan fingerprint density at radius 1 is 1.22 bits per heavy atom. The molecular formula is C26H27N9OS. The molecule has 2 fully saturated rings. The van der Waals surface area contributed by atoms with E-state index in [1.807, 2.05) is 30.5 Å². The number of fused-ring (bicyclic) bond motifs is 1. The zero-order valence-electron chi connectivity index (χ0n) is 20.9. The minimum atomic E-state index is 0.0461. The number of carbonyl (C=O) groups excluding carboxylic acids is 1. The molecule has 5 heterocycles. The van der Waals surface area contributed by atoms with Gasteiger partial charge in [0.25, 0.3) is 0 Å². The summed E-state index contributed by atoms with van der Waals surface area (Å²) in [6.07, 6.45) is 5.46. The molecule has 0 atom stereocenters. The Morgan fingerprint density at radius 3 is 2.76 bits per heavy atom. The maximum absolute atomic E-state index is 11.3. The molecule has 4 aromatic heterocycles. The molecule has 1 spiro atoms. The number of nitrogens with one attached hydrogen (secondary N) is 2. The molecule has 10 nitrogen and oxygen atoms in total. The lowest BCUT2D eigenvalue weighted by Gasteiger charge is -2.58. The highest BCUT2D eigenvalue weighted by molar-refractivity contribution is 7.18. The highest BCUT2D eigenvalue weighted by Crippen LogP contribution is 2.50. The molecule has 37 heavy (non-hydrogen) atoms. The first-order valence-corrected chi connectivity index (χ1v) is 13.1. The van der Waals surface area contributed by atoms with Crippen LogP contribution in [0.4, 0.5) is 10.8 Å². The summed E-state index contributed by atoms with van der Waals surface area (Å²) in [5.41, 5.74) is 5.13. The zero-order valence-corrected chi connectivity index (χ0v) is 21.7. The number of hydrogen-bond acceptors (Lipinski definition) is 9. The second-order valence-corrected chi connectivity index (χ2v) is 11.3. The summed E-state index contributed by atoms with van der Waals surface area (Å²) in [5, 5.41) is 30.9. The lowest BCUT2D eigenvalue weighted by Crippen LogP contribution is -2.66. The van der Waals surface area contributed by atoms with Gasteiger partial charge in [-0.15, -0.1) is 10.2 Å². The Hall–Kier alpha value is -4.04. The average molecular weight is 514 g/mol. The highest BCUT2D eigenvalue weighted by Gasteiger charge is 2.53. The van der Waals surface area contributed by atoms with Crippen LogP contribution in [0.3, 0.4) is 0 Å². The maximum Gasteiger partial charge on any atom is 0.217 e. The summed E-state index contributed by atoms with van der Waals surface area (Å²) in [5.74, 6) is 0.0461. The Bertz CT molecular complexity index is 1540. The molecule has 1 saturated heterocycles. The van der Waals surface area contributed by atoms with Crippen LogP contribution in [-0.4, -0.2) is 55.9 Å². The summed E-state index contributed by atoms with van der Waals surface area (Å²) in [4.78, 5) is 18.3. The van der Waals surface area contributed by atoms with E-state index in [1.54, 1.807) is 29.0 Å². The smallest absolute Gasteiger partial charge is 0.217 e. The van der Waals surface area contributed by atoms with Crippen molar-refractivity contribution in [2.45, 2.75) is 45.7 Å². The third-order valence-electron chi connectivity index (χ3n) is 6.97. The Balaban J connectivity index is 1.24. The second-order valence-electron chi connectivity index (χ2n) is 10.4. The quantitative estimate of drug-likeness (QED) is 0.400. The van der Waals surface area contributed by atoms with Crippen LogP contribution in [0.1, 0.15) is 39.2 Å². The van der Waals surface area contributed by atoms with E-state index in [0.717, 1.165) is 64.2 Å². The molecule has 1 aliphatic carbocycles. The highest BCUT2D eigenvalue weighted by atomic mass is 32.1. The van der Waals surface area contributed by atoms with E-state index in [1.165, 1.54) is 0 Å². The number of rotatable bonds is 6. The van der Waals surface area contributed by atoms with Crippen molar-refractivity contribution in [3.63, 3.8) is 0 Å². The van der Waals surface area contributed by atoms with Crippen molar-refractivity contribution < 1.29 is 4.79 Å². The van der Waals surface area contributed by atoms with Crippen LogP contribution in [0.5, 0.6) is 0 Å². The average Bonchev–Trinajstić information content (AvgIpc) is 3.46. The van der Waals surface area contributed by atoms with E-state index in [-0.39, 0.29) is 11.9 Å². The molecule has 2 N–H and O–H groups in total. The van der Waals surface area contributed by atoms with Gasteiger partial charge < -0.3 is 15.5 Å². The molecule has 1 aliphatic heterocycles. The van der Waals surface area contributed by atoms with Crippen molar-refractivity contribution in [3.05, 3.63) is 42.2 Å². The Morgan fingerprint density at radius 2 is 2.03 bits per heavy atom. The van der Waals surface area contributed by atoms with Crippen LogP contribution in [0.25, 0.3) is 27.5 Å². The van der Waals surface area contributed by atoms with Gasteiger partial charge in [-0.05, 0) is 51.0 Å². The van der Waals surface area contributed by atoms with Crippen molar-refractivity contribution in [3.8, 4) is 28.0 Å². The molecule has 0 radical (unpaired) electrons. The van der Waals surface area contributed by atoms with Gasteiger partial charge in [0.05, 0.1) is 34.2 Å². The van der Waals surface area contributed by atoms with Crippen LogP contribution in [-0.2, 0) is 4.79 Å². The predicted octanol–water partition coefficient (Wildman–Crippen LogP) is 3.71. The van der Waals surface area contributed by atoms with Gasteiger partial charge in [-0.2, -0.15) is 10.4 Å². The Labute approximate surface area is 218 Å². The third kappa shape index (κ3) is 4.27. The van der Waals surface area contributed by atoms with Gasteiger partial charge >= 0.3 is 0 Å². The van der Waals surface area contributed by atoms with Crippen LogP contribution in [0.2, 0.25) is 0 Å². The number of nitriles is 1. The summed E-state index contributed by atoms with van der Waals surface area (Å²) < 4.78 is 1.79. The first kappa shape index (κ1) is 23.4. The van der Waals surface area contributed by atoms with Crippen molar-refractivity contribution in [1.29, 1.82) is 5.26 Å². The second kappa shape index (κ2) is 8.81. The molecule has 188 valence electrons. The van der Waals surface area contributed by atoms with E-state index in [0.29, 0.717) is 17.0 Å². The van der Waals surface area contributed by atoms with Gasteiger partial charge in [-0.3, -0.25) is 9.78 Å². The summed E-state index contributed by atoms with van der Waals surface area (Å²) in [6, 6.07) is 10.4. The molecule has 0 aromatic carbocycles. The summed E-state index contributed by atoms with van der Waals surface area (Å²) in [7, 11) is 0. The van der Waals surface area contributed by atoms with Crippen LogP contribution >= 0.6 is 11.3 Å². The number of amides is 1. The molecule has 2 aliphatic rings. The molecule has 1 saturated carbocycles. The fourth-order valence-electron chi connectivity index (χ4n) is 5.43. The van der Waals surface area contributed by atoms with E-state index in [2.05, 4.69) is 50.7 Å². The number of aromatic nitrogens is 5. The largest absolute Gasteiger partial charge is 0.382 e. The molecule has 0 bridgehead atoms. The maximum atomic E-state index is 11.3. The molecule has 1 amide bonds. The van der Waals surface area contributed by atoms with Crippen molar-refractivity contribution in [1.82, 2.24) is 30.1 Å². The van der Waals surface area contributed by atoms with Gasteiger partial charge in [0.2, 0.25) is 11.0 Å². The number of pyridine rings is 1. The van der Waals surface area contributed by atoms with E-state index in [4.69, 9.17) is 10.2 Å². The third-order valence-corrected chi connectivity index (χ3v) is 7.99. The van der Waals surface area contributed by atoms with E-state index in [9.17, 15) is 4.79 Å². The van der Waals surface area contributed by atoms with E-state index >= 15 is 0 Å². The first-order valence-electron chi connectivity index (χ1n) is 12.3. The molecule has 6 rings (SSSR count). The van der Waals surface area contributed by atoms with E-state index < -0.39 is 0 Å². The van der Waals surface area contributed by atoms with Crippen molar-refractivity contribution >= 4 is 33.6 Å². The predicted molar refractivity (Wildman–Crippen MR) is 142 cm³/mol. The topological polar surface area (TPSA) is 124 Å². The standard InChI is InChI=1S/C26H27N9OS/c1-15(2)30-21-7-22(23-5-4-19-6-17(10-27)11-29-35(19)23)28-12-20(21)24-32-33-25(37-24)34-13-26(14-34)8-18(9-26)31-16(3)36/h4-7,11-12,15,18H,8-9,13-14H2,1-3H3,(H,28,30)(H,31,36). The number of hydrogen-bond donors (Lipinski definition) is 2. The molecular weight excluding hydrogens is 486 g/mol. The molecule has 11 heteroatoms. The number of anilines is 2. The normalized spacial score (nSPS) is 16.5. The monoisotopic (exact) mass is 513 g/mol. The Kier molecular flexibility index (Phi) is 5.56. The van der Waals surface area contributed by atoms with Gasteiger partial charge in [-0.25, -0.2) is 4.52 Å². The molecule has 0 unspecified atom stereocenters. The summed E-state index contributed by atoms with van der Waals surface area (Å²) in [6.45, 7) is 7.67. The van der Waals surface area contributed by atoms with Crippen LogP contribution < -0.4 is 15.5 Å². The van der Waals surface area contributed by atoms with Crippen LogP contribution in [0, 0.1) is 16.7 Å². The fraction of sp³-hybridized carbons (Fsp3) is 0.385. The minimum Gasteiger partial charge on any atom is -0.382 e. The fourth-order valence-corrected chi connectivity index (χ4v) is 6.30. The number of nitrogens with zero attached hydrogens (tertiary/aromatic N) is 7. The van der Waals surface area contributed by atoms with Crippen molar-refractivity contribution in [2.24, 2.45) is 5.41 Å². The summed E-state index contributed by atoms with van der Waals surface area (Å²) >= 11 is 1.57. The van der Waals surface area contributed by atoms with Crippen LogP contribution in [0.15, 0.2) is 36.7 Å². The zero-order chi connectivity index (χ0) is 25.7. The lowest BCUT2D eigenvalue weighted by atomic mass is 9.61. The SMILES string of the molecule is CC(=O)NC1CC2(C1)CN(c1nnc(-c3cnc(-c4ccc5cc(C#N)cnn45)cc3NC(C)C)s1)C2. The van der Waals surface area contributed by atoms with Gasteiger partial charge in [-0.1, -0.05) is 11.3 Å². The van der Waals surface area contributed by atoms with Crippen molar-refractivity contribution in [2.75, 3.05) is 23.3 Å². The van der Waals surface area contributed by atoms with Gasteiger partial charge in [0.15, 0.2) is 5.01 Å². The minimum absolute atomic E-state index is 0.0461. The number of carbonyl (C=O) groups is 1. The molecule has 4 aromatic rings.